The van der Waals surface area contributed by atoms with Crippen LogP contribution in [0.1, 0.15) is 81.2 Å². The molecule has 0 bridgehead atoms. The zero-order chi connectivity index (χ0) is 79.7. The lowest BCUT2D eigenvalue weighted by molar-refractivity contribution is -0.139. The van der Waals surface area contributed by atoms with Gasteiger partial charge < -0.3 is 123 Å². The van der Waals surface area contributed by atoms with E-state index in [4.69, 9.17) is 97.0 Å². The average molecular weight is 1580 g/mol. The van der Waals surface area contributed by atoms with Crippen LogP contribution < -0.4 is 38.3 Å². The predicted octanol–water partition coefficient (Wildman–Crippen LogP) is 3.71. The molecule has 0 radical (unpaired) electrons. The Hall–Kier alpha value is -7.86. The Kier molecular flexibility index (Phi) is 48.2. The first-order valence-corrected chi connectivity index (χ1v) is 38.5. The number of hydrogen-bond donors (Lipinski definition) is 8. The number of imidazole rings is 1. The standard InChI is InChI=1S/C76H119N13O23/c1-4-5-11-64-86-67-69(61-9-6-7-10-62(61)84-70(67)77)89(64)56-76(2,3)57-112-23-20-80-66(91)18-22-97-25-27-99-29-31-101-33-35-103-37-39-105-41-43-107-45-47-109-49-51-111-53-52-110-50-48-108-46-44-106-42-40-104-38-36-102-34-32-100-30-28-98-26-24-96-21-8-19-79-65(90)17-16-63(74(94)95)85-72(92)58-12-14-59(15-13-58)81-54-60-55-82-71-68(83-60)73(93)88-75(78)87-71/h6-7,9-10,12-15,55,63,81H,4-5,8,11,16-54,56-57H2,1-3H3,(H2,77,84)(H,79,90)(H,80,91)(H,85,92)(H,94,95)(H3,78,82,87,88,93). The third-order valence-corrected chi connectivity index (χ3v) is 16.3. The number of carboxylic acids is 1. The number of carbonyl (C=O) groups is 4. The molecule has 4 heterocycles. The van der Waals surface area contributed by atoms with Gasteiger partial charge in [-0.25, -0.2) is 24.7 Å². The van der Waals surface area contributed by atoms with Gasteiger partial charge in [-0.3, -0.25) is 24.2 Å². The van der Waals surface area contributed by atoms with Gasteiger partial charge in [-0.1, -0.05) is 45.4 Å². The number of para-hydroxylation sites is 1. The van der Waals surface area contributed by atoms with Crippen LogP contribution in [0.3, 0.4) is 0 Å². The van der Waals surface area contributed by atoms with Crippen molar-refractivity contribution in [3.8, 4) is 0 Å². The second kappa shape index (κ2) is 58.1. The first-order valence-electron chi connectivity index (χ1n) is 38.5. The first kappa shape index (κ1) is 93.0. The molecule has 10 N–H and O–H groups in total. The van der Waals surface area contributed by atoms with Gasteiger partial charge in [-0.05, 0) is 49.6 Å². The highest BCUT2D eigenvalue weighted by molar-refractivity contribution is 6.06. The summed E-state index contributed by atoms with van der Waals surface area (Å²) >= 11 is 0. The Morgan fingerprint density at radius 3 is 1.48 bits per heavy atom. The Labute approximate surface area is 653 Å². The Morgan fingerprint density at radius 1 is 0.527 bits per heavy atom. The summed E-state index contributed by atoms with van der Waals surface area (Å²) in [6.07, 6.45) is 5.00. The first-order chi connectivity index (χ1) is 54.7. The number of ether oxygens (including phenoxy) is 17. The van der Waals surface area contributed by atoms with Gasteiger partial charge in [0.1, 0.15) is 17.4 Å². The van der Waals surface area contributed by atoms with Crippen molar-refractivity contribution >= 4 is 74.2 Å². The molecule has 1 atom stereocenters. The minimum Gasteiger partial charge on any atom is -0.480 e. The maximum Gasteiger partial charge on any atom is 0.326 e. The van der Waals surface area contributed by atoms with E-state index < -0.39 is 23.5 Å². The fourth-order valence-corrected chi connectivity index (χ4v) is 10.6. The summed E-state index contributed by atoms with van der Waals surface area (Å²) in [6.45, 7) is 22.9. The fraction of sp³-hybridized carbons (Fsp3) is 0.658. The van der Waals surface area contributed by atoms with Crippen molar-refractivity contribution in [2.45, 2.75) is 84.8 Å². The highest BCUT2D eigenvalue weighted by Gasteiger charge is 2.26. The van der Waals surface area contributed by atoms with Gasteiger partial charge in [-0.2, -0.15) is 4.98 Å². The molecule has 0 fully saturated rings. The highest BCUT2D eigenvalue weighted by Crippen LogP contribution is 2.32. The number of anilines is 3. The summed E-state index contributed by atoms with van der Waals surface area (Å²) in [6, 6.07) is 13.1. The van der Waals surface area contributed by atoms with E-state index in [0.29, 0.717) is 268 Å². The molecule has 0 aliphatic rings. The minimum atomic E-state index is -1.28. The summed E-state index contributed by atoms with van der Waals surface area (Å²) < 4.78 is 97.1. The van der Waals surface area contributed by atoms with Gasteiger partial charge in [0, 0.05) is 67.6 Å². The van der Waals surface area contributed by atoms with Crippen molar-refractivity contribution in [1.29, 1.82) is 0 Å². The summed E-state index contributed by atoms with van der Waals surface area (Å²) in [5, 5.41) is 22.0. The molecular weight excluding hydrogens is 1460 g/mol. The molecular formula is C76H119N13O23. The normalized spacial score (nSPS) is 12.0. The third-order valence-electron chi connectivity index (χ3n) is 16.3. The van der Waals surface area contributed by atoms with Crippen LogP contribution in [0, 0.1) is 5.41 Å². The number of carboxylic acid groups (broad SMARTS) is 1. The molecule has 112 heavy (non-hydrogen) atoms. The number of nitrogens with zero attached hydrogens (tertiary/aromatic N) is 6. The molecule has 0 aliphatic heterocycles. The monoisotopic (exact) mass is 1580 g/mol. The number of aliphatic carboxylic acids is 1. The molecule has 0 saturated carbocycles. The zero-order valence-electron chi connectivity index (χ0n) is 65.4. The number of nitrogens with two attached hydrogens (primary N) is 2. The zero-order valence-corrected chi connectivity index (χ0v) is 65.4. The number of carbonyl (C=O) groups excluding carboxylic acids is 3. The molecule has 1 unspecified atom stereocenters. The topological polar surface area (TPSA) is 448 Å². The van der Waals surface area contributed by atoms with E-state index in [-0.39, 0.29) is 65.7 Å². The number of H-pyrrole nitrogens is 1. The smallest absolute Gasteiger partial charge is 0.326 e. The SMILES string of the molecule is CCCCc1nc2c(N)nc3ccccc3c2n1CC(C)(C)COCCNC(=O)CCOCCOCCOCCOCCOCCOCCOCCOCCOCCOCCOCCOCCOCCOCCOCCOCCCNC(=O)CCC(NC(=O)c1ccc(NCc2cnc3nc(N)[nH]c(=O)c3n2)cc1)C(=O)O. The van der Waals surface area contributed by atoms with Crippen LogP contribution in [0.25, 0.3) is 33.1 Å². The lowest BCUT2D eigenvalue weighted by Gasteiger charge is -2.27. The van der Waals surface area contributed by atoms with E-state index in [1.807, 2.05) is 18.2 Å². The molecule has 0 saturated heterocycles. The van der Waals surface area contributed by atoms with Gasteiger partial charge in [-0.15, -0.1) is 0 Å². The van der Waals surface area contributed by atoms with Gasteiger partial charge in [0.25, 0.3) is 11.5 Å². The van der Waals surface area contributed by atoms with Crippen LogP contribution in [-0.4, -0.2) is 307 Å². The van der Waals surface area contributed by atoms with Gasteiger partial charge in [0.2, 0.25) is 17.8 Å². The number of aryl methyl sites for hydroxylation is 1. The lowest BCUT2D eigenvalue weighted by atomic mass is 9.94. The highest BCUT2D eigenvalue weighted by atomic mass is 16.6. The average Bonchev–Trinajstić information content (AvgIpc) is 1.59. The Morgan fingerprint density at radius 2 is 0.991 bits per heavy atom. The molecule has 2 aromatic carbocycles. The molecule has 0 spiro atoms. The third kappa shape index (κ3) is 40.2. The number of fused-ring (bicyclic) bond motifs is 4. The summed E-state index contributed by atoms with van der Waals surface area (Å²) in [5.74, 6) is -0.922. The fourth-order valence-electron chi connectivity index (χ4n) is 10.6. The van der Waals surface area contributed by atoms with Crippen molar-refractivity contribution in [2.24, 2.45) is 5.41 Å². The van der Waals surface area contributed by atoms with E-state index in [1.54, 1.807) is 12.1 Å². The van der Waals surface area contributed by atoms with Crippen molar-refractivity contribution in [2.75, 3.05) is 255 Å². The van der Waals surface area contributed by atoms with E-state index in [2.05, 4.69) is 77.6 Å². The van der Waals surface area contributed by atoms with E-state index in [1.165, 1.54) is 18.3 Å². The number of pyridine rings is 1. The molecule has 4 aromatic heterocycles. The maximum atomic E-state index is 12.9. The summed E-state index contributed by atoms with van der Waals surface area (Å²) in [7, 11) is 0. The number of hydrogen-bond acceptors (Lipinski definition) is 30. The quantitative estimate of drug-likeness (QED) is 0.0252. The molecule has 3 amide bonds. The summed E-state index contributed by atoms with van der Waals surface area (Å²) in [5.41, 5.74) is 15.3. The molecule has 36 nitrogen and oxygen atoms in total. The molecule has 6 aromatic rings. The number of aromatic nitrogens is 7. The lowest BCUT2D eigenvalue weighted by Crippen LogP contribution is -2.41. The Balaban J connectivity index is 0.567. The van der Waals surface area contributed by atoms with E-state index in [9.17, 15) is 29.1 Å². The van der Waals surface area contributed by atoms with Gasteiger partial charge in [0.15, 0.2) is 17.0 Å². The van der Waals surface area contributed by atoms with Crippen LogP contribution in [-0.2, 0) is 114 Å². The van der Waals surface area contributed by atoms with Crippen LogP contribution >= 0.6 is 0 Å². The van der Waals surface area contributed by atoms with E-state index in [0.717, 1.165) is 47.0 Å². The van der Waals surface area contributed by atoms with Crippen molar-refractivity contribution < 1.29 is 105 Å². The molecule has 6 rings (SSSR count). The van der Waals surface area contributed by atoms with Crippen LogP contribution in [0.2, 0.25) is 0 Å². The number of aromatic amines is 1. The van der Waals surface area contributed by atoms with Gasteiger partial charge >= 0.3 is 5.97 Å². The Bertz CT molecular complexity index is 3620. The number of benzene rings is 2. The number of nitrogens with one attached hydrogen (secondary N) is 5. The van der Waals surface area contributed by atoms with Crippen molar-refractivity contribution in [3.63, 3.8) is 0 Å². The molecule has 36 heteroatoms. The van der Waals surface area contributed by atoms with Gasteiger partial charge in [0.05, 0.1) is 247 Å². The van der Waals surface area contributed by atoms with Crippen LogP contribution in [0.5, 0.6) is 0 Å². The number of nitrogen functional groups attached to an aromatic ring is 2. The minimum absolute atomic E-state index is 0.0496. The maximum absolute atomic E-state index is 12.9. The number of amides is 3. The molecule has 0 aliphatic carbocycles. The predicted molar refractivity (Wildman–Crippen MR) is 415 cm³/mol. The molecule has 626 valence electrons. The second-order valence-corrected chi connectivity index (χ2v) is 26.1. The second-order valence-electron chi connectivity index (χ2n) is 26.1. The van der Waals surface area contributed by atoms with Crippen LogP contribution in [0.15, 0.2) is 59.5 Å². The van der Waals surface area contributed by atoms with Crippen molar-refractivity contribution in [1.82, 2.24) is 50.4 Å². The van der Waals surface area contributed by atoms with E-state index >= 15 is 0 Å². The largest absolute Gasteiger partial charge is 0.480 e. The van der Waals surface area contributed by atoms with Crippen LogP contribution in [0.4, 0.5) is 17.5 Å². The summed E-state index contributed by atoms with van der Waals surface area (Å²) in [4.78, 5) is 86.0. The van der Waals surface area contributed by atoms with Crippen molar-refractivity contribution in [3.05, 3.63) is 82.2 Å². The number of rotatable bonds is 71. The number of unbranched alkanes of at least 4 members (excludes halogenated alkanes) is 1.